The van der Waals surface area contributed by atoms with Gasteiger partial charge in [-0.3, -0.25) is 4.79 Å². The van der Waals surface area contributed by atoms with Crippen molar-refractivity contribution in [3.05, 3.63) is 59.5 Å². The van der Waals surface area contributed by atoms with Crippen LogP contribution in [0, 0.1) is 0 Å². The van der Waals surface area contributed by atoms with E-state index in [9.17, 15) is 4.79 Å². The minimum Gasteiger partial charge on any atom is -0.334 e. The minimum atomic E-state index is 0.0634. The van der Waals surface area contributed by atoms with Crippen molar-refractivity contribution in [2.24, 2.45) is 7.05 Å². The predicted molar refractivity (Wildman–Crippen MR) is 83.7 cm³/mol. The Morgan fingerprint density at radius 1 is 1.18 bits per heavy atom. The Hall–Kier alpha value is -2.56. The van der Waals surface area contributed by atoms with Crippen molar-refractivity contribution in [2.75, 3.05) is 6.54 Å². The first-order valence-corrected chi connectivity index (χ1v) is 7.59. The molecule has 0 saturated heterocycles. The Morgan fingerprint density at radius 2 is 2.00 bits per heavy atom. The van der Waals surface area contributed by atoms with Crippen molar-refractivity contribution in [3.8, 4) is 0 Å². The summed E-state index contributed by atoms with van der Waals surface area (Å²) in [6, 6.07) is 8.40. The van der Waals surface area contributed by atoms with Crippen LogP contribution in [0.2, 0.25) is 0 Å². The van der Waals surface area contributed by atoms with Crippen LogP contribution in [-0.4, -0.2) is 31.5 Å². The van der Waals surface area contributed by atoms with E-state index < -0.39 is 0 Å². The van der Waals surface area contributed by atoms with Crippen LogP contribution in [0.1, 0.15) is 27.9 Å². The highest BCUT2D eigenvalue weighted by molar-refractivity contribution is 5.99. The lowest BCUT2D eigenvalue weighted by Gasteiger charge is -2.20. The van der Waals surface area contributed by atoms with Crippen LogP contribution in [0.25, 0.3) is 5.65 Å². The van der Waals surface area contributed by atoms with Crippen molar-refractivity contribution in [3.63, 3.8) is 0 Å². The van der Waals surface area contributed by atoms with E-state index in [2.05, 4.69) is 23.3 Å². The third-order valence-corrected chi connectivity index (χ3v) is 4.41. The van der Waals surface area contributed by atoms with E-state index in [0.29, 0.717) is 12.1 Å². The van der Waals surface area contributed by atoms with E-state index in [4.69, 9.17) is 0 Å². The van der Waals surface area contributed by atoms with E-state index >= 15 is 0 Å². The second-order valence-corrected chi connectivity index (χ2v) is 5.83. The second kappa shape index (κ2) is 5.02. The highest BCUT2D eigenvalue weighted by atomic mass is 16.2. The molecule has 0 N–H and O–H groups in total. The summed E-state index contributed by atoms with van der Waals surface area (Å²) in [5.41, 5.74) is 4.13. The largest absolute Gasteiger partial charge is 0.334 e. The molecule has 5 nitrogen and oxygen atoms in total. The number of aromatic nitrogens is 3. The fourth-order valence-corrected chi connectivity index (χ4v) is 3.25. The summed E-state index contributed by atoms with van der Waals surface area (Å²) in [5, 5.41) is 4.27. The third-order valence-electron chi connectivity index (χ3n) is 4.41. The quantitative estimate of drug-likeness (QED) is 0.691. The second-order valence-electron chi connectivity index (χ2n) is 5.83. The van der Waals surface area contributed by atoms with Gasteiger partial charge in [-0.15, -0.1) is 0 Å². The molecule has 3 heterocycles. The Labute approximate surface area is 128 Å². The average Bonchev–Trinajstić information content (AvgIpc) is 3.03. The van der Waals surface area contributed by atoms with Crippen LogP contribution in [-0.2, 0) is 20.0 Å². The summed E-state index contributed by atoms with van der Waals surface area (Å²) >= 11 is 0. The number of amides is 1. The molecule has 22 heavy (non-hydrogen) atoms. The maximum Gasteiger partial charge on any atom is 0.259 e. The fourth-order valence-electron chi connectivity index (χ4n) is 3.25. The highest BCUT2D eigenvalue weighted by Gasteiger charge is 2.23. The molecule has 0 fully saturated rings. The summed E-state index contributed by atoms with van der Waals surface area (Å²) in [6.07, 6.45) is 7.49. The lowest BCUT2D eigenvalue weighted by atomic mass is 10.0. The van der Waals surface area contributed by atoms with Crippen LogP contribution >= 0.6 is 0 Å². The van der Waals surface area contributed by atoms with Crippen LogP contribution in [0.5, 0.6) is 0 Å². The number of rotatable bonds is 1. The molecule has 3 aromatic rings. The molecule has 2 aromatic heterocycles. The summed E-state index contributed by atoms with van der Waals surface area (Å²) in [7, 11) is 1.94. The highest BCUT2D eigenvalue weighted by Crippen LogP contribution is 2.21. The molecule has 0 spiro atoms. The number of fused-ring (bicyclic) bond motifs is 2. The first-order valence-electron chi connectivity index (χ1n) is 7.59. The van der Waals surface area contributed by atoms with Crippen molar-refractivity contribution < 1.29 is 4.79 Å². The summed E-state index contributed by atoms with van der Waals surface area (Å²) in [4.78, 5) is 14.9. The molecule has 1 amide bonds. The van der Waals surface area contributed by atoms with Gasteiger partial charge in [0, 0.05) is 32.5 Å². The molecule has 4 rings (SSSR count). The average molecular weight is 294 g/mol. The van der Waals surface area contributed by atoms with Gasteiger partial charge < -0.3 is 9.47 Å². The number of hydrogen-bond acceptors (Lipinski definition) is 2. The SMILES string of the molecule is Cn1ccn2ncc(C(=O)N3CCCc4ccccc4C3)c12. The maximum absolute atomic E-state index is 12.9. The third kappa shape index (κ3) is 2.01. The van der Waals surface area contributed by atoms with Gasteiger partial charge in [-0.2, -0.15) is 5.10 Å². The number of aryl methyl sites for hydroxylation is 2. The molecular weight excluding hydrogens is 276 g/mol. The van der Waals surface area contributed by atoms with Crippen molar-refractivity contribution in [2.45, 2.75) is 19.4 Å². The smallest absolute Gasteiger partial charge is 0.259 e. The number of imidazole rings is 1. The number of benzene rings is 1. The topological polar surface area (TPSA) is 42.5 Å². The molecular formula is C17H18N4O. The zero-order chi connectivity index (χ0) is 15.1. The predicted octanol–water partition coefficient (Wildman–Crippen LogP) is 2.26. The minimum absolute atomic E-state index is 0.0634. The Balaban J connectivity index is 1.69. The monoisotopic (exact) mass is 294 g/mol. The van der Waals surface area contributed by atoms with Gasteiger partial charge in [0.15, 0.2) is 0 Å². The molecule has 1 aliphatic rings. The Bertz CT molecular complexity index is 845. The normalized spacial score (nSPS) is 14.9. The molecule has 0 saturated carbocycles. The summed E-state index contributed by atoms with van der Waals surface area (Å²) in [6.45, 7) is 1.46. The van der Waals surface area contributed by atoms with Crippen LogP contribution < -0.4 is 0 Å². The van der Waals surface area contributed by atoms with Crippen molar-refractivity contribution in [1.29, 1.82) is 0 Å². The van der Waals surface area contributed by atoms with Gasteiger partial charge in [0.25, 0.3) is 5.91 Å². The van der Waals surface area contributed by atoms with Gasteiger partial charge in [0.1, 0.15) is 11.2 Å². The molecule has 0 unspecified atom stereocenters. The van der Waals surface area contributed by atoms with E-state index in [0.717, 1.165) is 25.0 Å². The van der Waals surface area contributed by atoms with E-state index in [1.165, 1.54) is 11.1 Å². The van der Waals surface area contributed by atoms with Crippen LogP contribution in [0.3, 0.4) is 0 Å². The summed E-state index contributed by atoms with van der Waals surface area (Å²) < 4.78 is 3.69. The van der Waals surface area contributed by atoms with E-state index in [1.54, 1.807) is 10.7 Å². The van der Waals surface area contributed by atoms with Crippen molar-refractivity contribution in [1.82, 2.24) is 19.1 Å². The number of hydrogen-bond donors (Lipinski definition) is 0. The number of carbonyl (C=O) groups excluding carboxylic acids is 1. The number of carbonyl (C=O) groups is 1. The molecule has 112 valence electrons. The van der Waals surface area contributed by atoms with Crippen LogP contribution in [0.15, 0.2) is 42.9 Å². The lowest BCUT2D eigenvalue weighted by Crippen LogP contribution is -2.30. The van der Waals surface area contributed by atoms with Gasteiger partial charge >= 0.3 is 0 Å². The summed E-state index contributed by atoms with van der Waals surface area (Å²) in [5.74, 6) is 0.0634. The van der Waals surface area contributed by atoms with Gasteiger partial charge in [0.2, 0.25) is 0 Å². The van der Waals surface area contributed by atoms with E-state index in [1.807, 2.05) is 35.0 Å². The molecule has 0 radical (unpaired) electrons. The van der Waals surface area contributed by atoms with E-state index in [-0.39, 0.29) is 5.91 Å². The molecule has 1 aliphatic heterocycles. The molecule has 5 heteroatoms. The van der Waals surface area contributed by atoms with Gasteiger partial charge in [-0.05, 0) is 24.0 Å². The van der Waals surface area contributed by atoms with Gasteiger partial charge in [-0.25, -0.2) is 4.52 Å². The van der Waals surface area contributed by atoms with Gasteiger partial charge in [0.05, 0.1) is 6.20 Å². The van der Waals surface area contributed by atoms with Crippen LogP contribution in [0.4, 0.5) is 0 Å². The first kappa shape index (κ1) is 13.1. The fraction of sp³-hybridized carbons (Fsp3) is 0.294. The molecule has 0 bridgehead atoms. The number of nitrogens with zero attached hydrogens (tertiary/aromatic N) is 4. The maximum atomic E-state index is 12.9. The zero-order valence-corrected chi connectivity index (χ0v) is 12.6. The standard InChI is InChI=1S/C17H18N4O/c1-19-9-10-21-16(19)15(11-18-21)17(22)20-8-4-7-13-5-2-3-6-14(13)12-20/h2-3,5-6,9-11H,4,7-8,12H2,1H3. The van der Waals surface area contributed by atoms with Crippen molar-refractivity contribution >= 4 is 11.6 Å². The Morgan fingerprint density at radius 3 is 2.86 bits per heavy atom. The Kier molecular flexibility index (Phi) is 2.99. The first-order chi connectivity index (χ1) is 10.7. The molecule has 0 aliphatic carbocycles. The lowest BCUT2D eigenvalue weighted by molar-refractivity contribution is 0.0747. The van der Waals surface area contributed by atoms with Gasteiger partial charge in [-0.1, -0.05) is 24.3 Å². The zero-order valence-electron chi connectivity index (χ0n) is 12.6. The molecule has 1 aromatic carbocycles. The molecule has 0 atom stereocenters.